The van der Waals surface area contributed by atoms with E-state index < -0.39 is 11.2 Å². The molecule has 0 fully saturated rings. The van der Waals surface area contributed by atoms with E-state index in [-0.39, 0.29) is 28.8 Å². The van der Waals surface area contributed by atoms with Crippen LogP contribution < -0.4 is 10.6 Å². The molecule has 186 valence electrons. The second kappa shape index (κ2) is 11.5. The number of nitrogens with one attached hydrogen (secondary N) is 2. The highest BCUT2D eigenvalue weighted by molar-refractivity contribution is 8.00. The van der Waals surface area contributed by atoms with Crippen LogP contribution in [0.25, 0.3) is 0 Å². The molecule has 7 nitrogen and oxygen atoms in total. The number of aromatic carboxylic acids is 1. The first-order valence-electron chi connectivity index (χ1n) is 11.4. The van der Waals surface area contributed by atoms with Crippen molar-refractivity contribution in [3.8, 4) is 5.75 Å². The fourth-order valence-electron chi connectivity index (χ4n) is 3.70. The minimum atomic E-state index is -1.30. The van der Waals surface area contributed by atoms with Gasteiger partial charge in [-0.3, -0.25) is 9.59 Å². The molecule has 0 radical (unpaired) electrons. The first-order chi connectivity index (χ1) is 17.8. The summed E-state index contributed by atoms with van der Waals surface area (Å²) in [7, 11) is 0. The van der Waals surface area contributed by atoms with Gasteiger partial charge in [-0.2, -0.15) is 0 Å². The molecule has 0 spiro atoms. The van der Waals surface area contributed by atoms with E-state index in [1.165, 1.54) is 30.0 Å². The van der Waals surface area contributed by atoms with Crippen LogP contribution in [0, 0.1) is 6.92 Å². The van der Waals surface area contributed by atoms with E-state index in [0.29, 0.717) is 11.3 Å². The molecule has 0 aliphatic carbocycles. The van der Waals surface area contributed by atoms with E-state index in [2.05, 4.69) is 10.6 Å². The Bertz CT molecular complexity index is 1460. The van der Waals surface area contributed by atoms with Gasteiger partial charge in [-0.25, -0.2) is 4.79 Å². The summed E-state index contributed by atoms with van der Waals surface area (Å²) in [5.74, 6) is -2.28. The van der Waals surface area contributed by atoms with E-state index in [4.69, 9.17) is 0 Å². The summed E-state index contributed by atoms with van der Waals surface area (Å²) in [4.78, 5) is 38.2. The van der Waals surface area contributed by atoms with Crippen molar-refractivity contribution in [2.45, 2.75) is 17.1 Å². The molecule has 4 N–H and O–H groups in total. The number of aromatic hydroxyl groups is 1. The third-order valence-corrected chi connectivity index (χ3v) is 6.82. The number of carboxylic acids is 1. The predicted molar refractivity (Wildman–Crippen MR) is 144 cm³/mol. The Hall–Kier alpha value is -4.56. The molecule has 4 rings (SSSR count). The van der Waals surface area contributed by atoms with E-state index in [1.54, 1.807) is 24.3 Å². The average Bonchev–Trinajstić information content (AvgIpc) is 2.89. The van der Waals surface area contributed by atoms with E-state index >= 15 is 0 Å². The number of thioether (sulfide) groups is 1. The first-order valence-corrected chi connectivity index (χ1v) is 12.3. The quantitative estimate of drug-likeness (QED) is 0.167. The second-order valence-corrected chi connectivity index (χ2v) is 9.41. The van der Waals surface area contributed by atoms with Gasteiger partial charge in [0, 0.05) is 21.8 Å². The van der Waals surface area contributed by atoms with Crippen molar-refractivity contribution in [2.75, 3.05) is 10.6 Å². The SMILES string of the molecule is Cc1ccccc1C(=O)Nc1cccc(SC(C(=O)Nc2ccc(O)c(C(=O)O)c2)c2ccccc2)c1. The zero-order valence-corrected chi connectivity index (χ0v) is 20.7. The standard InChI is InChI=1S/C29H24N2O5S/c1-18-8-5-6-13-23(18)27(33)30-20-11-7-12-22(16-20)37-26(19-9-3-2-4-10-19)28(34)31-21-14-15-25(32)24(17-21)29(35)36/h2-17,26,32H,1H3,(H,30,33)(H,31,34)(H,35,36). The molecule has 0 aliphatic rings. The van der Waals surface area contributed by atoms with E-state index in [0.717, 1.165) is 16.0 Å². The van der Waals surface area contributed by atoms with Crippen LogP contribution >= 0.6 is 11.8 Å². The van der Waals surface area contributed by atoms with Crippen molar-refractivity contribution in [3.05, 3.63) is 119 Å². The number of carbonyl (C=O) groups is 3. The molecule has 0 saturated carbocycles. The maximum Gasteiger partial charge on any atom is 0.339 e. The molecular weight excluding hydrogens is 488 g/mol. The highest BCUT2D eigenvalue weighted by Crippen LogP contribution is 2.37. The molecule has 0 heterocycles. The van der Waals surface area contributed by atoms with E-state index in [9.17, 15) is 24.6 Å². The van der Waals surface area contributed by atoms with Gasteiger partial charge < -0.3 is 20.8 Å². The number of rotatable bonds is 8. The fourth-order valence-corrected chi connectivity index (χ4v) is 4.79. The number of carboxylic acid groups (broad SMARTS) is 1. The lowest BCUT2D eigenvalue weighted by molar-refractivity contribution is -0.115. The molecule has 8 heteroatoms. The van der Waals surface area contributed by atoms with Gasteiger partial charge in [0.1, 0.15) is 16.6 Å². The monoisotopic (exact) mass is 512 g/mol. The summed E-state index contributed by atoms with van der Waals surface area (Å²) in [6.45, 7) is 1.87. The van der Waals surface area contributed by atoms with Crippen LogP contribution in [0.2, 0.25) is 0 Å². The minimum Gasteiger partial charge on any atom is -0.507 e. The Morgan fingerprint density at radius 1 is 0.757 bits per heavy atom. The number of aryl methyl sites for hydroxylation is 1. The highest BCUT2D eigenvalue weighted by Gasteiger charge is 2.23. The molecule has 0 saturated heterocycles. The largest absolute Gasteiger partial charge is 0.507 e. The van der Waals surface area contributed by atoms with Gasteiger partial charge in [0.05, 0.1) is 0 Å². The zero-order chi connectivity index (χ0) is 26.4. The molecule has 4 aromatic carbocycles. The van der Waals surface area contributed by atoms with Crippen molar-refractivity contribution >= 4 is 40.9 Å². The Morgan fingerprint density at radius 3 is 2.19 bits per heavy atom. The first kappa shape index (κ1) is 25.5. The smallest absolute Gasteiger partial charge is 0.339 e. The van der Waals surface area contributed by atoms with E-state index in [1.807, 2.05) is 61.5 Å². The Morgan fingerprint density at radius 2 is 1.46 bits per heavy atom. The summed E-state index contributed by atoms with van der Waals surface area (Å²) in [5, 5.41) is 24.0. The third-order valence-electron chi connectivity index (χ3n) is 5.57. The zero-order valence-electron chi connectivity index (χ0n) is 19.8. The fraction of sp³-hybridized carbons (Fsp3) is 0.0690. The molecule has 0 aliphatic heterocycles. The number of hydrogen-bond donors (Lipinski definition) is 4. The van der Waals surface area contributed by atoms with Crippen molar-refractivity contribution in [2.24, 2.45) is 0 Å². The average molecular weight is 513 g/mol. The number of carbonyl (C=O) groups excluding carboxylic acids is 2. The molecule has 1 atom stereocenters. The summed E-state index contributed by atoms with van der Waals surface area (Å²) in [5.41, 5.74) is 2.73. The molecular formula is C29H24N2O5S. The maximum absolute atomic E-state index is 13.4. The highest BCUT2D eigenvalue weighted by atomic mass is 32.2. The summed E-state index contributed by atoms with van der Waals surface area (Å²) in [6.07, 6.45) is 0. The van der Waals surface area contributed by atoms with Crippen LogP contribution in [0.4, 0.5) is 11.4 Å². The lowest BCUT2D eigenvalue weighted by Crippen LogP contribution is -2.19. The topological polar surface area (TPSA) is 116 Å². The van der Waals surface area contributed by atoms with Crippen molar-refractivity contribution in [3.63, 3.8) is 0 Å². The predicted octanol–water partition coefficient (Wildman–Crippen LogP) is 6.12. The normalized spacial score (nSPS) is 11.4. The number of hydrogen-bond acceptors (Lipinski definition) is 5. The van der Waals surface area contributed by atoms with Gasteiger partial charge in [-0.05, 0) is 60.5 Å². The number of anilines is 2. The lowest BCUT2D eigenvalue weighted by atomic mass is 10.1. The summed E-state index contributed by atoms with van der Waals surface area (Å²) >= 11 is 1.29. The Kier molecular flexibility index (Phi) is 7.90. The Balaban J connectivity index is 1.57. The molecule has 0 aromatic heterocycles. The van der Waals surface area contributed by atoms with Gasteiger partial charge >= 0.3 is 5.97 Å². The van der Waals surface area contributed by atoms with Gasteiger partial charge in [0.25, 0.3) is 5.91 Å². The van der Waals surface area contributed by atoms with Crippen molar-refractivity contribution in [1.29, 1.82) is 0 Å². The maximum atomic E-state index is 13.4. The lowest BCUT2D eigenvalue weighted by Gasteiger charge is -2.18. The molecule has 1 unspecified atom stereocenters. The van der Waals surface area contributed by atoms with Gasteiger partial charge in [0.15, 0.2) is 0 Å². The number of benzene rings is 4. The van der Waals surface area contributed by atoms with Gasteiger partial charge in [-0.1, -0.05) is 54.6 Å². The summed E-state index contributed by atoms with van der Waals surface area (Å²) in [6, 6.07) is 27.6. The third kappa shape index (κ3) is 6.36. The van der Waals surface area contributed by atoms with Gasteiger partial charge in [0.2, 0.25) is 5.91 Å². The van der Waals surface area contributed by atoms with Crippen molar-refractivity contribution < 1.29 is 24.6 Å². The Labute approximate surface area is 218 Å². The van der Waals surface area contributed by atoms with Crippen LogP contribution in [0.3, 0.4) is 0 Å². The van der Waals surface area contributed by atoms with Gasteiger partial charge in [-0.15, -0.1) is 11.8 Å². The minimum absolute atomic E-state index is 0.223. The van der Waals surface area contributed by atoms with Crippen LogP contribution in [0.1, 0.15) is 37.1 Å². The summed E-state index contributed by atoms with van der Waals surface area (Å²) < 4.78 is 0. The molecule has 4 aromatic rings. The van der Waals surface area contributed by atoms with Crippen molar-refractivity contribution in [1.82, 2.24) is 0 Å². The number of phenols is 1. The van der Waals surface area contributed by atoms with Crippen LogP contribution in [-0.2, 0) is 4.79 Å². The molecule has 0 bridgehead atoms. The second-order valence-electron chi connectivity index (χ2n) is 8.23. The molecule has 37 heavy (non-hydrogen) atoms. The van der Waals surface area contributed by atoms with Crippen LogP contribution in [-0.4, -0.2) is 28.0 Å². The number of amides is 2. The van der Waals surface area contributed by atoms with Crippen LogP contribution in [0.5, 0.6) is 5.75 Å². The molecule has 2 amide bonds. The van der Waals surface area contributed by atoms with Crippen LogP contribution in [0.15, 0.2) is 102 Å².